The second-order valence-corrected chi connectivity index (χ2v) is 5.80. The normalized spacial score (nSPS) is 16.6. The van der Waals surface area contributed by atoms with E-state index in [1.54, 1.807) is 0 Å². The van der Waals surface area contributed by atoms with Gasteiger partial charge in [0, 0.05) is 12.5 Å². The van der Waals surface area contributed by atoms with Crippen LogP contribution in [0.4, 0.5) is 0 Å². The van der Waals surface area contributed by atoms with Crippen LogP contribution in [0, 0.1) is 0 Å². The second-order valence-electron chi connectivity index (χ2n) is 5.80. The Labute approximate surface area is 117 Å². The number of nitrogens with two attached hydrogens (primary N) is 1. The van der Waals surface area contributed by atoms with Crippen LogP contribution in [0.3, 0.4) is 0 Å². The number of rotatable bonds is 10. The van der Waals surface area contributed by atoms with Gasteiger partial charge in [-0.3, -0.25) is 4.79 Å². The lowest BCUT2D eigenvalue weighted by molar-refractivity contribution is -0.126. The highest BCUT2D eigenvalue weighted by atomic mass is 16.5. The van der Waals surface area contributed by atoms with E-state index in [0.29, 0.717) is 19.6 Å². The summed E-state index contributed by atoms with van der Waals surface area (Å²) in [5.41, 5.74) is 4.74. The predicted molar refractivity (Wildman–Crippen MR) is 77.0 cm³/mol. The van der Waals surface area contributed by atoms with Gasteiger partial charge >= 0.3 is 0 Å². The van der Waals surface area contributed by atoms with Gasteiger partial charge in [0.25, 0.3) is 0 Å². The molecule has 0 aliphatic carbocycles. The van der Waals surface area contributed by atoms with Crippen LogP contribution in [-0.2, 0) is 14.3 Å². The molecule has 0 rings (SSSR count). The number of nitrogens with one attached hydrogen (secondary N) is 1. The topological polar surface area (TPSA) is 73.6 Å². The minimum absolute atomic E-state index is 0.0560. The number of hydrogen-bond donors (Lipinski definition) is 2. The van der Waals surface area contributed by atoms with Crippen LogP contribution in [0.2, 0.25) is 0 Å². The zero-order valence-electron chi connectivity index (χ0n) is 13.2. The van der Waals surface area contributed by atoms with E-state index in [0.717, 1.165) is 0 Å². The molecule has 0 spiro atoms. The lowest BCUT2D eigenvalue weighted by Gasteiger charge is -2.32. The fourth-order valence-corrected chi connectivity index (χ4v) is 2.03. The molecule has 5 nitrogen and oxygen atoms in total. The molecule has 0 saturated heterocycles. The summed E-state index contributed by atoms with van der Waals surface area (Å²) in [5.74, 6) is -0.352. The SMILES string of the molecule is CC(C)NC(C)(CC(C)OCCOC(C)C)C(N)=O. The molecule has 0 aromatic rings. The van der Waals surface area contributed by atoms with Crippen LogP contribution >= 0.6 is 0 Å². The molecule has 0 aromatic carbocycles. The maximum atomic E-state index is 11.6. The molecule has 1 amide bonds. The molecule has 19 heavy (non-hydrogen) atoms. The zero-order valence-corrected chi connectivity index (χ0v) is 13.2. The smallest absolute Gasteiger partial charge is 0.237 e. The molecule has 3 N–H and O–H groups in total. The maximum Gasteiger partial charge on any atom is 0.237 e. The molecule has 0 fully saturated rings. The quantitative estimate of drug-likeness (QED) is 0.591. The van der Waals surface area contributed by atoms with Gasteiger partial charge in [0.05, 0.1) is 31.0 Å². The predicted octanol–water partition coefficient (Wildman–Crippen LogP) is 1.45. The number of primary amides is 1. The molecule has 0 heterocycles. The molecular weight excluding hydrogens is 244 g/mol. The minimum atomic E-state index is -0.744. The minimum Gasteiger partial charge on any atom is -0.376 e. The first-order valence-electron chi connectivity index (χ1n) is 6.98. The lowest BCUT2D eigenvalue weighted by atomic mass is 9.93. The molecule has 0 aromatic heterocycles. The van der Waals surface area contributed by atoms with Gasteiger partial charge in [0.1, 0.15) is 0 Å². The van der Waals surface area contributed by atoms with Crippen molar-refractivity contribution in [1.29, 1.82) is 0 Å². The zero-order chi connectivity index (χ0) is 15.1. The van der Waals surface area contributed by atoms with Crippen molar-refractivity contribution in [2.24, 2.45) is 5.73 Å². The molecule has 0 saturated carbocycles. The average molecular weight is 274 g/mol. The van der Waals surface area contributed by atoms with Crippen molar-refractivity contribution in [2.45, 2.75) is 71.8 Å². The Morgan fingerprint density at radius 1 is 1.16 bits per heavy atom. The standard InChI is InChI=1S/C14H30N2O3/c1-10(2)16-14(6,13(15)17)9-12(5)19-8-7-18-11(3)4/h10-12,16H,7-9H2,1-6H3,(H2,15,17). The maximum absolute atomic E-state index is 11.6. The Hall–Kier alpha value is -0.650. The van der Waals surface area contributed by atoms with Crippen LogP contribution < -0.4 is 11.1 Å². The highest BCUT2D eigenvalue weighted by Gasteiger charge is 2.33. The summed E-state index contributed by atoms with van der Waals surface area (Å²) in [7, 11) is 0. The third-order valence-electron chi connectivity index (χ3n) is 2.78. The lowest BCUT2D eigenvalue weighted by Crippen LogP contribution is -2.57. The van der Waals surface area contributed by atoms with Crippen molar-refractivity contribution >= 4 is 5.91 Å². The summed E-state index contributed by atoms with van der Waals surface area (Å²) in [4.78, 5) is 11.6. The Morgan fingerprint density at radius 2 is 1.68 bits per heavy atom. The van der Waals surface area contributed by atoms with Crippen LogP contribution in [0.5, 0.6) is 0 Å². The Morgan fingerprint density at radius 3 is 2.11 bits per heavy atom. The van der Waals surface area contributed by atoms with Gasteiger partial charge in [-0.25, -0.2) is 0 Å². The van der Waals surface area contributed by atoms with Gasteiger partial charge < -0.3 is 20.5 Å². The van der Waals surface area contributed by atoms with Gasteiger partial charge in [-0.1, -0.05) is 0 Å². The first-order valence-corrected chi connectivity index (χ1v) is 6.98. The van der Waals surface area contributed by atoms with Crippen LogP contribution in [0.15, 0.2) is 0 Å². The number of amides is 1. The van der Waals surface area contributed by atoms with Crippen molar-refractivity contribution in [3.05, 3.63) is 0 Å². The van der Waals surface area contributed by atoms with E-state index in [2.05, 4.69) is 5.32 Å². The fraction of sp³-hybridized carbons (Fsp3) is 0.929. The van der Waals surface area contributed by atoms with Gasteiger partial charge in [0.2, 0.25) is 5.91 Å². The summed E-state index contributed by atoms with van der Waals surface area (Å²) in [5, 5.41) is 3.21. The van der Waals surface area contributed by atoms with E-state index in [1.165, 1.54) is 0 Å². The molecule has 114 valence electrons. The molecule has 5 heteroatoms. The van der Waals surface area contributed by atoms with Crippen LogP contribution in [0.1, 0.15) is 48.0 Å². The van der Waals surface area contributed by atoms with Crippen molar-refractivity contribution < 1.29 is 14.3 Å². The van der Waals surface area contributed by atoms with E-state index in [1.807, 2.05) is 41.5 Å². The molecule has 0 aliphatic heterocycles. The molecule has 2 atom stereocenters. The largest absolute Gasteiger partial charge is 0.376 e. The number of carbonyl (C=O) groups excluding carboxylic acids is 1. The fourth-order valence-electron chi connectivity index (χ4n) is 2.03. The molecule has 0 radical (unpaired) electrons. The monoisotopic (exact) mass is 274 g/mol. The molecule has 0 bridgehead atoms. The second kappa shape index (κ2) is 8.51. The number of carbonyl (C=O) groups is 1. The van der Waals surface area contributed by atoms with Crippen molar-refractivity contribution in [1.82, 2.24) is 5.32 Å². The number of hydrogen-bond acceptors (Lipinski definition) is 4. The average Bonchev–Trinajstić information content (AvgIpc) is 2.22. The van der Waals surface area contributed by atoms with E-state index < -0.39 is 5.54 Å². The van der Waals surface area contributed by atoms with Gasteiger partial charge in [-0.2, -0.15) is 0 Å². The van der Waals surface area contributed by atoms with Gasteiger partial charge in [-0.15, -0.1) is 0 Å². The third kappa shape index (κ3) is 8.18. The highest BCUT2D eigenvalue weighted by molar-refractivity contribution is 5.84. The van der Waals surface area contributed by atoms with Crippen molar-refractivity contribution in [3.8, 4) is 0 Å². The van der Waals surface area contributed by atoms with Crippen LogP contribution in [0.25, 0.3) is 0 Å². The summed E-state index contributed by atoms with van der Waals surface area (Å²) in [6, 6.07) is 0.189. The Bertz CT molecular complexity index is 269. The van der Waals surface area contributed by atoms with E-state index in [9.17, 15) is 4.79 Å². The molecular formula is C14H30N2O3. The first kappa shape index (κ1) is 18.4. The van der Waals surface area contributed by atoms with Crippen LogP contribution in [-0.4, -0.2) is 42.9 Å². The highest BCUT2D eigenvalue weighted by Crippen LogP contribution is 2.15. The van der Waals surface area contributed by atoms with Crippen molar-refractivity contribution in [3.63, 3.8) is 0 Å². The van der Waals surface area contributed by atoms with E-state index in [-0.39, 0.29) is 24.2 Å². The molecule has 2 unspecified atom stereocenters. The van der Waals surface area contributed by atoms with E-state index in [4.69, 9.17) is 15.2 Å². The summed E-state index contributed by atoms with van der Waals surface area (Å²) in [6.45, 7) is 12.8. The van der Waals surface area contributed by atoms with E-state index >= 15 is 0 Å². The van der Waals surface area contributed by atoms with Gasteiger partial charge in [0.15, 0.2) is 0 Å². The summed E-state index contributed by atoms with van der Waals surface area (Å²) in [6.07, 6.45) is 0.694. The third-order valence-corrected chi connectivity index (χ3v) is 2.78. The van der Waals surface area contributed by atoms with Gasteiger partial charge in [-0.05, 0) is 41.5 Å². The van der Waals surface area contributed by atoms with Crippen molar-refractivity contribution in [2.75, 3.05) is 13.2 Å². The Balaban J connectivity index is 4.17. The molecule has 0 aliphatic rings. The Kier molecular flexibility index (Phi) is 8.22. The number of ether oxygens (including phenoxy) is 2. The summed E-state index contributed by atoms with van der Waals surface area (Å²) >= 11 is 0. The summed E-state index contributed by atoms with van der Waals surface area (Å²) < 4.78 is 11.0. The first-order chi connectivity index (χ1) is 8.67.